The Morgan fingerprint density at radius 2 is 1.85 bits per heavy atom. The van der Waals surface area contributed by atoms with Crippen molar-refractivity contribution in [2.24, 2.45) is 0 Å². The van der Waals surface area contributed by atoms with Crippen LogP contribution in [-0.4, -0.2) is 40.9 Å². The topological polar surface area (TPSA) is 105 Å². The second kappa shape index (κ2) is 8.47. The number of ketones is 1. The summed E-state index contributed by atoms with van der Waals surface area (Å²) in [5.41, 5.74) is 1.88. The molecule has 34 heavy (non-hydrogen) atoms. The molecule has 0 spiro atoms. The number of ether oxygens (including phenoxy) is 2. The number of aromatic amines is 1. The SMILES string of the molecule is COc1ccc(/C(O)=C2\C(=O)C(=O)N(Cc3ccco3)C2c2c[nH]c3ccccc23)cc1OC. The Morgan fingerprint density at radius 1 is 1.06 bits per heavy atom. The van der Waals surface area contributed by atoms with Crippen molar-refractivity contribution in [2.45, 2.75) is 12.6 Å². The minimum absolute atomic E-state index is 0.00599. The van der Waals surface area contributed by atoms with Gasteiger partial charge in [0.05, 0.1) is 38.6 Å². The molecule has 0 aliphatic carbocycles. The Morgan fingerprint density at radius 3 is 2.59 bits per heavy atom. The summed E-state index contributed by atoms with van der Waals surface area (Å²) in [5, 5.41) is 12.2. The van der Waals surface area contributed by atoms with Crippen LogP contribution in [0.1, 0.15) is 22.9 Å². The lowest BCUT2D eigenvalue weighted by Crippen LogP contribution is -2.29. The number of hydrogen-bond donors (Lipinski definition) is 2. The fraction of sp³-hybridized carbons (Fsp3) is 0.154. The average molecular weight is 458 g/mol. The Balaban J connectivity index is 1.71. The molecule has 0 bridgehead atoms. The number of benzene rings is 2. The number of aromatic nitrogens is 1. The van der Waals surface area contributed by atoms with Gasteiger partial charge in [-0.2, -0.15) is 0 Å². The van der Waals surface area contributed by atoms with Crippen LogP contribution in [0.5, 0.6) is 11.5 Å². The van der Waals surface area contributed by atoms with Gasteiger partial charge in [0.15, 0.2) is 11.5 Å². The van der Waals surface area contributed by atoms with E-state index in [1.54, 1.807) is 36.5 Å². The number of aliphatic hydroxyl groups is 1. The van der Waals surface area contributed by atoms with Gasteiger partial charge in [-0.1, -0.05) is 18.2 Å². The first-order valence-corrected chi connectivity index (χ1v) is 10.6. The smallest absolute Gasteiger partial charge is 0.296 e. The van der Waals surface area contributed by atoms with E-state index in [1.807, 2.05) is 24.3 Å². The highest BCUT2D eigenvalue weighted by molar-refractivity contribution is 6.46. The highest BCUT2D eigenvalue weighted by Crippen LogP contribution is 2.43. The van der Waals surface area contributed by atoms with E-state index in [-0.39, 0.29) is 17.9 Å². The largest absolute Gasteiger partial charge is 0.507 e. The number of hydrogen-bond acceptors (Lipinski definition) is 6. The van der Waals surface area contributed by atoms with Crippen molar-refractivity contribution in [3.8, 4) is 11.5 Å². The van der Waals surface area contributed by atoms with Crippen molar-refractivity contribution < 1.29 is 28.6 Å². The monoisotopic (exact) mass is 458 g/mol. The average Bonchev–Trinajstić information content (AvgIpc) is 3.59. The minimum atomic E-state index is -0.825. The zero-order valence-corrected chi connectivity index (χ0v) is 18.6. The van der Waals surface area contributed by atoms with Crippen molar-refractivity contribution in [1.29, 1.82) is 0 Å². The molecule has 1 saturated heterocycles. The second-order valence-corrected chi connectivity index (χ2v) is 7.87. The molecule has 4 aromatic rings. The standard InChI is InChI=1S/C26H22N2O6/c1-32-20-10-9-15(12-21(20)33-2)24(29)22-23(18-13-27-19-8-4-3-7-17(18)19)28(26(31)25(22)30)14-16-6-5-11-34-16/h3-13,23,27,29H,14H2,1-2H3/b24-22+. The maximum Gasteiger partial charge on any atom is 0.296 e. The molecule has 5 rings (SSSR count). The number of para-hydroxylation sites is 1. The van der Waals surface area contributed by atoms with Gasteiger partial charge in [-0.25, -0.2) is 0 Å². The van der Waals surface area contributed by atoms with Crippen molar-refractivity contribution in [3.05, 3.63) is 89.5 Å². The van der Waals surface area contributed by atoms with E-state index in [0.29, 0.717) is 28.4 Å². The predicted molar refractivity (Wildman–Crippen MR) is 124 cm³/mol. The van der Waals surface area contributed by atoms with Crippen LogP contribution in [0.3, 0.4) is 0 Å². The van der Waals surface area contributed by atoms with E-state index in [0.717, 1.165) is 10.9 Å². The lowest BCUT2D eigenvalue weighted by Gasteiger charge is -2.24. The Labute approximate surface area is 195 Å². The zero-order chi connectivity index (χ0) is 23.8. The molecular weight excluding hydrogens is 436 g/mol. The normalized spacial score (nSPS) is 17.5. The summed E-state index contributed by atoms with van der Waals surface area (Å²) in [7, 11) is 2.99. The van der Waals surface area contributed by atoms with E-state index < -0.39 is 17.7 Å². The van der Waals surface area contributed by atoms with Gasteiger partial charge in [-0.15, -0.1) is 0 Å². The quantitative estimate of drug-likeness (QED) is 0.252. The van der Waals surface area contributed by atoms with Gasteiger partial charge in [0.1, 0.15) is 11.5 Å². The number of fused-ring (bicyclic) bond motifs is 1. The van der Waals surface area contributed by atoms with Crippen molar-refractivity contribution in [3.63, 3.8) is 0 Å². The summed E-state index contributed by atoms with van der Waals surface area (Å²) in [5.74, 6) is -0.386. The Kier molecular flexibility index (Phi) is 5.33. The lowest BCUT2D eigenvalue weighted by molar-refractivity contribution is -0.140. The molecule has 0 saturated carbocycles. The number of furan rings is 1. The number of likely N-dealkylation sites (tertiary alicyclic amines) is 1. The van der Waals surface area contributed by atoms with Crippen LogP contribution in [-0.2, 0) is 16.1 Å². The maximum atomic E-state index is 13.3. The third-order valence-corrected chi connectivity index (χ3v) is 6.02. The molecule has 1 atom stereocenters. The summed E-state index contributed by atoms with van der Waals surface area (Å²) in [6.45, 7) is 0.0739. The van der Waals surface area contributed by atoms with E-state index in [4.69, 9.17) is 13.9 Å². The Hall–Kier alpha value is -4.46. The van der Waals surface area contributed by atoms with Crippen molar-refractivity contribution in [1.82, 2.24) is 9.88 Å². The number of carbonyl (C=O) groups excluding carboxylic acids is 2. The summed E-state index contributed by atoms with van der Waals surface area (Å²) >= 11 is 0. The summed E-state index contributed by atoms with van der Waals surface area (Å²) in [6.07, 6.45) is 3.27. The van der Waals surface area contributed by atoms with Crippen LogP contribution in [0.2, 0.25) is 0 Å². The third kappa shape index (κ3) is 3.40. The van der Waals surface area contributed by atoms with Crippen LogP contribution in [0, 0.1) is 0 Å². The van der Waals surface area contributed by atoms with E-state index in [1.165, 1.54) is 25.4 Å². The summed E-state index contributed by atoms with van der Waals surface area (Å²) in [6, 6.07) is 15.0. The van der Waals surface area contributed by atoms with Gasteiger partial charge in [-0.3, -0.25) is 9.59 Å². The van der Waals surface area contributed by atoms with E-state index >= 15 is 0 Å². The first kappa shape index (κ1) is 21.4. The predicted octanol–water partition coefficient (Wildman–Crippen LogP) is 4.40. The van der Waals surface area contributed by atoms with Crippen LogP contribution < -0.4 is 9.47 Å². The minimum Gasteiger partial charge on any atom is -0.507 e. The van der Waals surface area contributed by atoms with Crippen LogP contribution >= 0.6 is 0 Å². The highest BCUT2D eigenvalue weighted by atomic mass is 16.5. The van der Waals surface area contributed by atoms with Gasteiger partial charge in [0.2, 0.25) is 0 Å². The van der Waals surface area contributed by atoms with Crippen molar-refractivity contribution in [2.75, 3.05) is 14.2 Å². The number of methoxy groups -OCH3 is 2. The van der Waals surface area contributed by atoms with Crippen LogP contribution in [0.4, 0.5) is 0 Å². The second-order valence-electron chi connectivity index (χ2n) is 7.87. The fourth-order valence-electron chi connectivity index (χ4n) is 4.40. The van der Waals surface area contributed by atoms with Gasteiger partial charge in [0, 0.05) is 28.2 Å². The molecule has 8 nitrogen and oxygen atoms in total. The number of nitrogens with one attached hydrogen (secondary N) is 1. The maximum absolute atomic E-state index is 13.3. The number of carbonyl (C=O) groups is 2. The molecule has 8 heteroatoms. The fourth-order valence-corrected chi connectivity index (χ4v) is 4.40. The molecule has 1 amide bonds. The third-order valence-electron chi connectivity index (χ3n) is 6.02. The number of aliphatic hydroxyl groups excluding tert-OH is 1. The molecule has 2 aromatic carbocycles. The number of amides is 1. The molecule has 1 aliphatic heterocycles. The molecule has 3 heterocycles. The molecule has 2 N–H and O–H groups in total. The number of Topliss-reactive ketones (excluding diaryl/α,β-unsaturated/α-hetero) is 1. The molecule has 172 valence electrons. The van der Waals surface area contributed by atoms with Gasteiger partial charge in [-0.05, 0) is 36.4 Å². The number of rotatable bonds is 6. The Bertz CT molecular complexity index is 1420. The lowest BCUT2D eigenvalue weighted by atomic mass is 9.94. The molecule has 1 fully saturated rings. The summed E-state index contributed by atoms with van der Waals surface area (Å²) in [4.78, 5) is 31.1. The molecule has 1 unspecified atom stereocenters. The van der Waals surface area contributed by atoms with E-state index in [2.05, 4.69) is 4.98 Å². The zero-order valence-electron chi connectivity index (χ0n) is 18.6. The van der Waals surface area contributed by atoms with Crippen LogP contribution in [0.15, 0.2) is 77.0 Å². The van der Waals surface area contributed by atoms with Gasteiger partial charge < -0.3 is 28.9 Å². The first-order valence-electron chi connectivity index (χ1n) is 10.6. The molecular formula is C26H22N2O6. The van der Waals surface area contributed by atoms with Gasteiger partial charge >= 0.3 is 0 Å². The van der Waals surface area contributed by atoms with Gasteiger partial charge in [0.25, 0.3) is 11.7 Å². The number of nitrogens with zero attached hydrogens (tertiary/aromatic N) is 1. The van der Waals surface area contributed by atoms with Crippen LogP contribution in [0.25, 0.3) is 16.7 Å². The van der Waals surface area contributed by atoms with E-state index in [9.17, 15) is 14.7 Å². The van der Waals surface area contributed by atoms with Crippen molar-refractivity contribution >= 4 is 28.4 Å². The first-order chi connectivity index (χ1) is 16.5. The highest BCUT2D eigenvalue weighted by Gasteiger charge is 2.47. The molecule has 2 aromatic heterocycles. The number of H-pyrrole nitrogens is 1. The summed E-state index contributed by atoms with van der Waals surface area (Å²) < 4.78 is 16.1. The molecule has 0 radical (unpaired) electrons. The molecule has 1 aliphatic rings.